The monoisotopic (exact) mass is 225 g/mol. The van der Waals surface area contributed by atoms with Crippen molar-refractivity contribution in [2.24, 2.45) is 0 Å². The number of carbonyl (C=O) groups is 1. The lowest BCUT2D eigenvalue weighted by Gasteiger charge is -2.13. The van der Waals surface area contributed by atoms with Gasteiger partial charge in [0.2, 0.25) is 0 Å². The third-order valence-corrected chi connectivity index (χ3v) is 2.10. The number of carboxylic acids is 1. The van der Waals surface area contributed by atoms with Gasteiger partial charge in [0.25, 0.3) is 0 Å². The summed E-state index contributed by atoms with van der Waals surface area (Å²) in [5, 5.41) is 11.4. The molecule has 0 fully saturated rings. The minimum absolute atomic E-state index is 0.0685. The molecule has 16 heavy (non-hydrogen) atoms. The Morgan fingerprint density at radius 3 is 2.75 bits per heavy atom. The third kappa shape index (κ3) is 3.43. The second kappa shape index (κ2) is 5.97. The Morgan fingerprint density at radius 1 is 1.50 bits per heavy atom. The molecule has 0 aromatic heterocycles. The Hall–Kier alpha value is -1.75. The van der Waals surface area contributed by atoms with Crippen LogP contribution in [-0.4, -0.2) is 37.9 Å². The minimum Gasteiger partial charge on any atom is -0.497 e. The molecule has 0 bridgehead atoms. The van der Waals surface area contributed by atoms with Gasteiger partial charge in [-0.25, -0.2) is 0 Å². The van der Waals surface area contributed by atoms with Crippen LogP contribution in [0.5, 0.6) is 11.5 Å². The molecule has 0 saturated carbocycles. The molecule has 0 radical (unpaired) electrons. The van der Waals surface area contributed by atoms with E-state index in [1.54, 1.807) is 38.4 Å². The molecule has 1 aromatic carbocycles. The van der Waals surface area contributed by atoms with Gasteiger partial charge in [-0.1, -0.05) is 6.07 Å². The van der Waals surface area contributed by atoms with E-state index in [9.17, 15) is 4.79 Å². The molecule has 0 amide bonds. The maximum absolute atomic E-state index is 10.7. The lowest BCUT2D eigenvalue weighted by atomic mass is 10.3. The van der Waals surface area contributed by atoms with Gasteiger partial charge < -0.3 is 19.9 Å². The number of carboxylic acid groups (broad SMARTS) is 1. The van der Waals surface area contributed by atoms with Crippen molar-refractivity contribution in [3.05, 3.63) is 24.3 Å². The van der Waals surface area contributed by atoms with Gasteiger partial charge in [-0.15, -0.1) is 0 Å². The number of methoxy groups -OCH3 is 1. The summed E-state index contributed by atoms with van der Waals surface area (Å²) in [4.78, 5) is 10.7. The molecule has 0 aliphatic carbocycles. The number of ether oxygens (including phenoxy) is 2. The first-order valence-corrected chi connectivity index (χ1v) is 4.84. The molecule has 0 aliphatic rings. The lowest BCUT2D eigenvalue weighted by Crippen LogP contribution is -2.39. The zero-order valence-electron chi connectivity index (χ0n) is 9.27. The Balaban J connectivity index is 2.56. The van der Waals surface area contributed by atoms with Gasteiger partial charge in [-0.2, -0.15) is 0 Å². The van der Waals surface area contributed by atoms with E-state index in [1.807, 2.05) is 0 Å². The molecule has 0 heterocycles. The summed E-state index contributed by atoms with van der Waals surface area (Å²) < 4.78 is 10.4. The van der Waals surface area contributed by atoms with Crippen molar-refractivity contribution >= 4 is 5.97 Å². The van der Waals surface area contributed by atoms with Crippen LogP contribution in [0.3, 0.4) is 0 Å². The summed E-state index contributed by atoms with van der Waals surface area (Å²) in [5.41, 5.74) is 0. The maximum Gasteiger partial charge on any atom is 0.324 e. The van der Waals surface area contributed by atoms with Crippen LogP contribution in [0.4, 0.5) is 0 Å². The number of likely N-dealkylation sites (N-methyl/N-ethyl adjacent to an activating group) is 1. The average molecular weight is 225 g/mol. The molecular weight excluding hydrogens is 210 g/mol. The fourth-order valence-corrected chi connectivity index (χ4v) is 1.15. The zero-order chi connectivity index (χ0) is 12.0. The second-order valence-electron chi connectivity index (χ2n) is 3.17. The maximum atomic E-state index is 10.7. The Bertz CT molecular complexity index is 354. The first-order valence-electron chi connectivity index (χ1n) is 4.84. The first-order chi connectivity index (χ1) is 7.67. The van der Waals surface area contributed by atoms with Crippen LogP contribution in [0.2, 0.25) is 0 Å². The molecule has 1 rings (SSSR count). The standard InChI is InChI=1S/C11H15NO4/c1-12-10(11(13)14)7-16-9-5-3-4-8(6-9)15-2/h3-6,10,12H,7H2,1-2H3,(H,13,14). The van der Waals surface area contributed by atoms with Crippen molar-refractivity contribution in [1.29, 1.82) is 0 Å². The highest BCUT2D eigenvalue weighted by Gasteiger charge is 2.15. The zero-order valence-corrected chi connectivity index (χ0v) is 9.27. The van der Waals surface area contributed by atoms with Crippen LogP contribution in [-0.2, 0) is 4.79 Å². The van der Waals surface area contributed by atoms with E-state index >= 15 is 0 Å². The predicted octanol–water partition coefficient (Wildman–Crippen LogP) is 0.747. The fourth-order valence-electron chi connectivity index (χ4n) is 1.15. The quantitative estimate of drug-likeness (QED) is 0.747. The van der Waals surface area contributed by atoms with Gasteiger partial charge in [-0.05, 0) is 19.2 Å². The molecule has 5 nitrogen and oxygen atoms in total. The van der Waals surface area contributed by atoms with E-state index in [0.717, 1.165) is 0 Å². The van der Waals surface area contributed by atoms with E-state index in [-0.39, 0.29) is 6.61 Å². The van der Waals surface area contributed by atoms with E-state index in [1.165, 1.54) is 0 Å². The smallest absolute Gasteiger partial charge is 0.324 e. The Labute approximate surface area is 94.0 Å². The number of hydrogen-bond acceptors (Lipinski definition) is 4. The van der Waals surface area contributed by atoms with E-state index in [0.29, 0.717) is 11.5 Å². The van der Waals surface area contributed by atoms with Crippen molar-refractivity contribution in [2.75, 3.05) is 20.8 Å². The van der Waals surface area contributed by atoms with Crippen LogP contribution in [0.15, 0.2) is 24.3 Å². The van der Waals surface area contributed by atoms with Crippen LogP contribution < -0.4 is 14.8 Å². The van der Waals surface area contributed by atoms with Gasteiger partial charge in [0.15, 0.2) is 0 Å². The van der Waals surface area contributed by atoms with Crippen LogP contribution >= 0.6 is 0 Å². The van der Waals surface area contributed by atoms with E-state index in [4.69, 9.17) is 14.6 Å². The number of hydrogen-bond donors (Lipinski definition) is 2. The van der Waals surface area contributed by atoms with Crippen molar-refractivity contribution < 1.29 is 19.4 Å². The number of benzene rings is 1. The van der Waals surface area contributed by atoms with Crippen molar-refractivity contribution in [3.8, 4) is 11.5 Å². The summed E-state index contributed by atoms with van der Waals surface area (Å²) in [7, 11) is 3.14. The normalized spacial score (nSPS) is 11.9. The lowest BCUT2D eigenvalue weighted by molar-refractivity contribution is -0.140. The highest BCUT2D eigenvalue weighted by molar-refractivity contribution is 5.73. The molecule has 0 aliphatic heterocycles. The summed E-state index contributed by atoms with van der Waals surface area (Å²) in [6, 6.07) is 6.31. The summed E-state index contributed by atoms with van der Waals surface area (Å²) in [5.74, 6) is 0.320. The van der Waals surface area contributed by atoms with Crippen LogP contribution in [0, 0.1) is 0 Å². The second-order valence-corrected chi connectivity index (χ2v) is 3.17. The molecule has 1 atom stereocenters. The molecule has 5 heteroatoms. The molecule has 88 valence electrons. The molecule has 0 spiro atoms. The topological polar surface area (TPSA) is 67.8 Å². The van der Waals surface area contributed by atoms with Crippen LogP contribution in [0.25, 0.3) is 0 Å². The fraction of sp³-hybridized carbons (Fsp3) is 0.364. The molecule has 0 saturated heterocycles. The molecule has 1 aromatic rings. The van der Waals surface area contributed by atoms with E-state index in [2.05, 4.69) is 5.32 Å². The molecule has 2 N–H and O–H groups in total. The van der Waals surface area contributed by atoms with Gasteiger partial charge in [0, 0.05) is 6.07 Å². The van der Waals surface area contributed by atoms with Gasteiger partial charge in [-0.3, -0.25) is 4.79 Å². The van der Waals surface area contributed by atoms with Crippen LogP contribution in [0.1, 0.15) is 0 Å². The highest BCUT2D eigenvalue weighted by atomic mass is 16.5. The Morgan fingerprint density at radius 2 is 2.19 bits per heavy atom. The number of nitrogens with one attached hydrogen (secondary N) is 1. The van der Waals surface area contributed by atoms with Gasteiger partial charge in [0.05, 0.1) is 7.11 Å². The predicted molar refractivity (Wildman–Crippen MR) is 59.0 cm³/mol. The number of aliphatic carboxylic acids is 1. The highest BCUT2D eigenvalue weighted by Crippen LogP contribution is 2.18. The summed E-state index contributed by atoms with van der Waals surface area (Å²) >= 11 is 0. The minimum atomic E-state index is -0.939. The average Bonchev–Trinajstić information content (AvgIpc) is 2.29. The Kier molecular flexibility index (Phi) is 4.60. The molecule has 1 unspecified atom stereocenters. The van der Waals surface area contributed by atoms with Crippen molar-refractivity contribution in [3.63, 3.8) is 0 Å². The SMILES string of the molecule is CNC(COc1cccc(OC)c1)C(=O)O. The summed E-state index contributed by atoms with van der Waals surface area (Å²) in [6.07, 6.45) is 0. The van der Waals surface area contributed by atoms with Crippen molar-refractivity contribution in [2.45, 2.75) is 6.04 Å². The van der Waals surface area contributed by atoms with E-state index < -0.39 is 12.0 Å². The van der Waals surface area contributed by atoms with Gasteiger partial charge in [0.1, 0.15) is 24.1 Å². The van der Waals surface area contributed by atoms with Gasteiger partial charge >= 0.3 is 5.97 Å². The first kappa shape index (κ1) is 12.3. The van der Waals surface area contributed by atoms with Crippen molar-refractivity contribution in [1.82, 2.24) is 5.32 Å². The number of rotatable bonds is 6. The molecular formula is C11H15NO4. The summed E-state index contributed by atoms with van der Waals surface area (Å²) in [6.45, 7) is 0.0685. The third-order valence-electron chi connectivity index (χ3n) is 2.10. The largest absolute Gasteiger partial charge is 0.497 e.